The molecular formula is C21H24N2O. The van der Waals surface area contributed by atoms with Crippen molar-refractivity contribution in [1.82, 2.24) is 9.97 Å². The summed E-state index contributed by atoms with van der Waals surface area (Å²) in [5, 5.41) is 0. The van der Waals surface area contributed by atoms with E-state index in [1.54, 1.807) is 0 Å². The maximum absolute atomic E-state index is 11.9. The van der Waals surface area contributed by atoms with Crippen molar-refractivity contribution in [3.8, 4) is 11.3 Å². The fraction of sp³-hybridized carbons (Fsp3) is 0.333. The van der Waals surface area contributed by atoms with E-state index in [4.69, 9.17) is 0 Å². The fourth-order valence-electron chi connectivity index (χ4n) is 3.36. The van der Waals surface area contributed by atoms with Gasteiger partial charge in [0, 0.05) is 5.92 Å². The second-order valence-corrected chi connectivity index (χ2v) is 6.33. The largest absolute Gasteiger partial charge is 0.319 e. The van der Waals surface area contributed by atoms with Crippen LogP contribution in [0.4, 0.5) is 0 Å². The lowest BCUT2D eigenvalue weighted by Gasteiger charge is -2.16. The summed E-state index contributed by atoms with van der Waals surface area (Å²) in [5.74, 6) is 0.434. The first-order valence-electron chi connectivity index (χ1n) is 8.82. The first-order valence-corrected chi connectivity index (χ1v) is 8.82. The lowest BCUT2D eigenvalue weighted by Crippen LogP contribution is -2.13. The Morgan fingerprint density at radius 3 is 2.04 bits per heavy atom. The van der Waals surface area contributed by atoms with Gasteiger partial charge in [-0.1, -0.05) is 80.3 Å². The van der Waals surface area contributed by atoms with Gasteiger partial charge < -0.3 is 4.98 Å². The van der Waals surface area contributed by atoms with Crippen LogP contribution < -0.4 is 5.56 Å². The van der Waals surface area contributed by atoms with Gasteiger partial charge in [0.05, 0.1) is 17.6 Å². The van der Waals surface area contributed by atoms with E-state index < -0.39 is 0 Å². The van der Waals surface area contributed by atoms with E-state index in [0.717, 1.165) is 29.8 Å². The molecule has 0 amide bonds. The molecule has 0 bridgehead atoms. The van der Waals surface area contributed by atoms with Crippen LogP contribution in [0.15, 0.2) is 65.6 Å². The second-order valence-electron chi connectivity index (χ2n) is 6.33. The molecule has 0 radical (unpaired) electrons. The predicted octanol–water partition coefficient (Wildman–Crippen LogP) is 5.00. The number of rotatable bonds is 2. The van der Waals surface area contributed by atoms with Crippen molar-refractivity contribution in [2.75, 3.05) is 0 Å². The van der Waals surface area contributed by atoms with Gasteiger partial charge in [-0.2, -0.15) is 0 Å². The molecule has 3 heteroatoms. The van der Waals surface area contributed by atoms with Gasteiger partial charge in [0.25, 0.3) is 5.56 Å². The van der Waals surface area contributed by atoms with Crippen molar-refractivity contribution in [2.24, 2.45) is 0 Å². The number of aromatic amines is 1. The van der Waals surface area contributed by atoms with Crippen LogP contribution in [0.1, 0.15) is 50.1 Å². The van der Waals surface area contributed by atoms with Gasteiger partial charge in [-0.15, -0.1) is 0 Å². The zero-order chi connectivity index (χ0) is 16.6. The Morgan fingerprint density at radius 1 is 0.833 bits per heavy atom. The van der Waals surface area contributed by atoms with E-state index in [9.17, 15) is 4.79 Å². The third kappa shape index (κ3) is 4.31. The van der Waals surface area contributed by atoms with Crippen molar-refractivity contribution in [3.63, 3.8) is 0 Å². The van der Waals surface area contributed by atoms with E-state index in [2.05, 4.69) is 9.97 Å². The first kappa shape index (κ1) is 16.4. The molecule has 0 saturated heterocycles. The molecule has 1 aromatic heterocycles. The van der Waals surface area contributed by atoms with Gasteiger partial charge in [-0.25, -0.2) is 0 Å². The molecule has 1 aliphatic carbocycles. The van der Waals surface area contributed by atoms with E-state index in [0.29, 0.717) is 5.92 Å². The average Bonchev–Trinajstić information content (AvgIpc) is 2.89. The number of H-pyrrole nitrogens is 1. The molecule has 0 unspecified atom stereocenters. The summed E-state index contributed by atoms with van der Waals surface area (Å²) in [6, 6.07) is 18.0. The van der Waals surface area contributed by atoms with Crippen molar-refractivity contribution < 1.29 is 0 Å². The Balaban J connectivity index is 2.10. The molecule has 1 fully saturated rings. The van der Waals surface area contributed by atoms with Crippen LogP contribution >= 0.6 is 0 Å². The molecule has 24 heavy (non-hydrogen) atoms. The zero-order valence-corrected chi connectivity index (χ0v) is 13.9. The molecule has 0 atom stereocenters. The lowest BCUT2D eigenvalue weighted by molar-refractivity contribution is 0.576. The highest BCUT2D eigenvalue weighted by molar-refractivity contribution is 5.61. The SMILES string of the molecule is O=c1cnc(C2CCCCCC2)c(-c2ccccccccc2)[nH]1. The molecule has 1 aliphatic rings. The molecule has 124 valence electrons. The highest BCUT2D eigenvalue weighted by Crippen LogP contribution is 2.34. The summed E-state index contributed by atoms with van der Waals surface area (Å²) < 4.78 is 0. The van der Waals surface area contributed by atoms with Crippen molar-refractivity contribution >= 4 is 0 Å². The van der Waals surface area contributed by atoms with Gasteiger partial charge >= 0.3 is 0 Å². The molecule has 3 nitrogen and oxygen atoms in total. The topological polar surface area (TPSA) is 45.8 Å². The van der Waals surface area contributed by atoms with Crippen LogP contribution in [-0.2, 0) is 0 Å². The Kier molecular flexibility index (Phi) is 5.78. The Morgan fingerprint density at radius 2 is 1.42 bits per heavy atom. The van der Waals surface area contributed by atoms with Crippen LogP contribution in [0.2, 0.25) is 0 Å². The number of nitrogens with zero attached hydrogens (tertiary/aromatic N) is 1. The fourth-order valence-corrected chi connectivity index (χ4v) is 3.36. The number of aromatic nitrogens is 2. The van der Waals surface area contributed by atoms with Gasteiger partial charge in [0.2, 0.25) is 0 Å². The Labute approximate surface area is 143 Å². The standard InChI is InChI=1S/C21H24N2O/c24-19-16-22-20(17-12-10-6-7-11-13-17)21(23-19)18-14-8-4-2-1-3-5-9-15-18/h1-5,8-9,14-17H,6-7,10-13H2,(H,23,24). The van der Waals surface area contributed by atoms with E-state index in [-0.39, 0.29) is 5.56 Å². The van der Waals surface area contributed by atoms with Gasteiger partial charge in [0.15, 0.2) is 0 Å². The van der Waals surface area contributed by atoms with Gasteiger partial charge in [-0.3, -0.25) is 9.78 Å². The molecule has 2 aromatic rings. The summed E-state index contributed by atoms with van der Waals surface area (Å²) in [4.78, 5) is 19.5. The summed E-state index contributed by atoms with van der Waals surface area (Å²) in [7, 11) is 0. The summed E-state index contributed by atoms with van der Waals surface area (Å²) >= 11 is 0. The smallest absolute Gasteiger partial charge is 0.266 e. The molecule has 1 saturated carbocycles. The van der Waals surface area contributed by atoms with Crippen LogP contribution in [-0.4, -0.2) is 9.97 Å². The summed E-state index contributed by atoms with van der Waals surface area (Å²) in [6.07, 6.45) is 8.82. The van der Waals surface area contributed by atoms with Crippen LogP contribution in [0.3, 0.4) is 0 Å². The Hall–Kier alpha value is -2.42. The minimum absolute atomic E-state index is 0.145. The minimum Gasteiger partial charge on any atom is -0.319 e. The van der Waals surface area contributed by atoms with E-state index >= 15 is 0 Å². The predicted molar refractivity (Wildman–Crippen MR) is 98.4 cm³/mol. The summed E-state index contributed by atoms with van der Waals surface area (Å²) in [5.41, 5.74) is 2.76. The van der Waals surface area contributed by atoms with E-state index in [1.165, 1.54) is 31.9 Å². The second kappa shape index (κ2) is 8.44. The lowest BCUT2D eigenvalue weighted by atomic mass is 9.93. The van der Waals surface area contributed by atoms with Crippen LogP contribution in [0, 0.1) is 0 Å². The van der Waals surface area contributed by atoms with Gasteiger partial charge in [-0.05, 0) is 18.4 Å². The van der Waals surface area contributed by atoms with Crippen molar-refractivity contribution in [2.45, 2.75) is 44.4 Å². The molecule has 1 N–H and O–H groups in total. The highest BCUT2D eigenvalue weighted by atomic mass is 16.1. The Bertz CT molecular complexity index is 748. The van der Waals surface area contributed by atoms with Crippen LogP contribution in [0.5, 0.6) is 0 Å². The number of hydrogen-bond donors (Lipinski definition) is 1. The third-order valence-electron chi connectivity index (χ3n) is 4.57. The maximum atomic E-state index is 11.9. The number of hydrogen-bond acceptors (Lipinski definition) is 2. The molecule has 0 aliphatic heterocycles. The molecule has 1 aromatic carbocycles. The highest BCUT2D eigenvalue weighted by Gasteiger charge is 2.20. The minimum atomic E-state index is -0.145. The normalized spacial score (nSPS) is 15.3. The maximum Gasteiger partial charge on any atom is 0.266 e. The summed E-state index contributed by atoms with van der Waals surface area (Å²) in [6.45, 7) is 0. The van der Waals surface area contributed by atoms with E-state index in [1.807, 2.05) is 54.6 Å². The van der Waals surface area contributed by atoms with Crippen molar-refractivity contribution in [3.05, 3.63) is 76.8 Å². The quantitative estimate of drug-likeness (QED) is 0.792. The third-order valence-corrected chi connectivity index (χ3v) is 4.57. The van der Waals surface area contributed by atoms with Crippen LogP contribution in [0.25, 0.3) is 11.3 Å². The zero-order valence-electron chi connectivity index (χ0n) is 13.9. The average molecular weight is 320 g/mol. The van der Waals surface area contributed by atoms with Crippen molar-refractivity contribution in [1.29, 1.82) is 0 Å². The molecule has 1 heterocycles. The molecule has 0 spiro atoms. The molecule has 3 rings (SSSR count). The number of nitrogens with one attached hydrogen (secondary N) is 1. The monoisotopic (exact) mass is 320 g/mol. The first-order chi connectivity index (χ1) is 11.8. The van der Waals surface area contributed by atoms with Gasteiger partial charge in [0.1, 0.15) is 0 Å². The molecular weight excluding hydrogens is 296 g/mol.